The SMILES string of the molecule is CCCCCCc1nc(SCC(=O)NC(=O)NCC)c2c(=O)n(C)c(=O)n(CCC)c2n1. The Morgan fingerprint density at radius 3 is 2.44 bits per heavy atom. The summed E-state index contributed by atoms with van der Waals surface area (Å²) < 4.78 is 2.54. The van der Waals surface area contributed by atoms with Gasteiger partial charge in [0.1, 0.15) is 16.2 Å². The third-order valence-electron chi connectivity index (χ3n) is 4.83. The maximum Gasteiger partial charge on any atom is 0.332 e. The monoisotopic (exact) mass is 464 g/mol. The minimum atomic E-state index is -0.574. The summed E-state index contributed by atoms with van der Waals surface area (Å²) in [7, 11) is 1.42. The van der Waals surface area contributed by atoms with Gasteiger partial charge in [-0.2, -0.15) is 0 Å². The van der Waals surface area contributed by atoms with Gasteiger partial charge in [-0.15, -0.1) is 0 Å². The average Bonchev–Trinajstić information content (AvgIpc) is 2.76. The molecule has 32 heavy (non-hydrogen) atoms. The Hall–Kier alpha value is -2.69. The Kier molecular flexibility index (Phi) is 9.89. The average molecular weight is 465 g/mol. The second kappa shape index (κ2) is 12.4. The predicted molar refractivity (Wildman–Crippen MR) is 125 cm³/mol. The Bertz CT molecular complexity index is 1080. The molecule has 0 aromatic carbocycles. The standard InChI is InChI=1S/C21H32N6O4S/c1-5-8-9-10-11-14-23-17-16(19(29)26(4)21(31)27(17)12-6-2)18(24-14)32-13-15(28)25-20(30)22-7-3/h5-13H2,1-4H3,(H2,22,25,28,30). The minimum Gasteiger partial charge on any atom is -0.338 e. The van der Waals surface area contributed by atoms with Gasteiger partial charge in [-0.1, -0.05) is 44.9 Å². The zero-order valence-electron chi connectivity index (χ0n) is 19.2. The fourth-order valence-corrected chi connectivity index (χ4v) is 4.07. The van der Waals surface area contributed by atoms with E-state index in [1.165, 1.54) is 11.6 Å². The summed E-state index contributed by atoms with van der Waals surface area (Å²) >= 11 is 1.06. The van der Waals surface area contributed by atoms with Gasteiger partial charge < -0.3 is 5.32 Å². The normalized spacial score (nSPS) is 11.0. The summed E-state index contributed by atoms with van der Waals surface area (Å²) in [6.07, 6.45) is 5.45. The molecule has 0 bridgehead atoms. The Labute approximate surface area is 191 Å². The predicted octanol–water partition coefficient (Wildman–Crippen LogP) is 1.96. The van der Waals surface area contributed by atoms with Crippen LogP contribution in [0.4, 0.5) is 4.79 Å². The van der Waals surface area contributed by atoms with Crippen LogP contribution < -0.4 is 21.9 Å². The van der Waals surface area contributed by atoms with Crippen LogP contribution in [0.15, 0.2) is 14.6 Å². The first-order chi connectivity index (χ1) is 15.3. The van der Waals surface area contributed by atoms with Crippen molar-refractivity contribution >= 4 is 34.7 Å². The highest BCUT2D eigenvalue weighted by Crippen LogP contribution is 2.23. The molecule has 176 valence electrons. The van der Waals surface area contributed by atoms with Crippen LogP contribution in [-0.2, 0) is 24.8 Å². The lowest BCUT2D eigenvalue weighted by atomic mass is 10.1. The van der Waals surface area contributed by atoms with Crippen LogP contribution >= 0.6 is 11.8 Å². The number of rotatable bonds is 11. The Morgan fingerprint density at radius 2 is 1.78 bits per heavy atom. The largest absolute Gasteiger partial charge is 0.338 e. The Morgan fingerprint density at radius 1 is 1.03 bits per heavy atom. The van der Waals surface area contributed by atoms with E-state index in [0.29, 0.717) is 42.4 Å². The van der Waals surface area contributed by atoms with Crippen molar-refractivity contribution in [1.82, 2.24) is 29.7 Å². The maximum absolute atomic E-state index is 12.9. The molecular weight excluding hydrogens is 432 g/mol. The van der Waals surface area contributed by atoms with E-state index in [1.54, 1.807) is 6.92 Å². The number of hydrogen-bond donors (Lipinski definition) is 2. The van der Waals surface area contributed by atoms with Gasteiger partial charge in [-0.05, 0) is 19.8 Å². The smallest absolute Gasteiger partial charge is 0.332 e. The number of carbonyl (C=O) groups is 2. The van der Waals surface area contributed by atoms with Crippen molar-refractivity contribution in [2.45, 2.75) is 70.9 Å². The third-order valence-corrected chi connectivity index (χ3v) is 5.80. The molecule has 0 aliphatic heterocycles. The molecule has 10 nitrogen and oxygen atoms in total. The summed E-state index contributed by atoms with van der Waals surface area (Å²) in [5, 5.41) is 5.29. The van der Waals surface area contributed by atoms with Crippen LogP contribution in [-0.4, -0.2) is 43.3 Å². The van der Waals surface area contributed by atoms with Crippen LogP contribution in [0.5, 0.6) is 0 Å². The molecule has 11 heteroatoms. The second-order valence-corrected chi connectivity index (χ2v) is 8.41. The number of aromatic nitrogens is 4. The van der Waals surface area contributed by atoms with Gasteiger partial charge in [0.15, 0.2) is 5.65 Å². The van der Waals surface area contributed by atoms with Crippen LogP contribution in [0.25, 0.3) is 11.0 Å². The van der Waals surface area contributed by atoms with Gasteiger partial charge in [-0.3, -0.25) is 24.0 Å². The zero-order chi connectivity index (χ0) is 23.7. The molecule has 0 atom stereocenters. The van der Waals surface area contributed by atoms with E-state index in [4.69, 9.17) is 0 Å². The first-order valence-corrected chi connectivity index (χ1v) is 12.0. The first kappa shape index (κ1) is 25.6. The van der Waals surface area contributed by atoms with Crippen molar-refractivity contribution in [3.63, 3.8) is 0 Å². The molecule has 0 radical (unpaired) electrons. The van der Waals surface area contributed by atoms with Crippen molar-refractivity contribution in [1.29, 1.82) is 0 Å². The summed E-state index contributed by atoms with van der Waals surface area (Å²) in [5.41, 5.74) is -0.626. The molecule has 2 aromatic heterocycles. The number of nitrogens with one attached hydrogen (secondary N) is 2. The third kappa shape index (κ3) is 6.41. The lowest BCUT2D eigenvalue weighted by molar-refractivity contribution is -0.117. The van der Waals surface area contributed by atoms with Crippen LogP contribution in [0, 0.1) is 0 Å². The van der Waals surface area contributed by atoms with E-state index in [-0.39, 0.29) is 11.1 Å². The molecule has 2 rings (SSSR count). The number of amides is 3. The number of urea groups is 1. The van der Waals surface area contributed by atoms with Crippen molar-refractivity contribution in [3.8, 4) is 0 Å². The van der Waals surface area contributed by atoms with Crippen molar-refractivity contribution < 1.29 is 9.59 Å². The van der Waals surface area contributed by atoms with Crippen LogP contribution in [0.1, 0.15) is 58.7 Å². The lowest BCUT2D eigenvalue weighted by Crippen LogP contribution is -2.40. The van der Waals surface area contributed by atoms with Crippen molar-refractivity contribution in [2.24, 2.45) is 7.05 Å². The number of nitrogens with zero attached hydrogens (tertiary/aromatic N) is 4. The number of imide groups is 1. The summed E-state index contributed by atoms with van der Waals surface area (Å²) in [5.74, 6) is -0.0668. The summed E-state index contributed by atoms with van der Waals surface area (Å²) in [4.78, 5) is 58.5. The minimum absolute atomic E-state index is 0.103. The van der Waals surface area contributed by atoms with Crippen molar-refractivity contribution in [3.05, 3.63) is 26.7 Å². The van der Waals surface area contributed by atoms with E-state index in [2.05, 4.69) is 27.5 Å². The van der Waals surface area contributed by atoms with Crippen LogP contribution in [0.2, 0.25) is 0 Å². The van der Waals surface area contributed by atoms with Gasteiger partial charge in [0.2, 0.25) is 5.91 Å². The first-order valence-electron chi connectivity index (χ1n) is 11.0. The molecule has 0 saturated carbocycles. The fourth-order valence-electron chi connectivity index (χ4n) is 3.23. The number of unbranched alkanes of at least 4 members (excludes halogenated alkanes) is 3. The van der Waals surface area contributed by atoms with Gasteiger partial charge in [0.05, 0.1) is 5.75 Å². The number of carbonyl (C=O) groups excluding carboxylic acids is 2. The molecule has 0 aliphatic rings. The van der Waals surface area contributed by atoms with Crippen molar-refractivity contribution in [2.75, 3.05) is 12.3 Å². The molecule has 0 unspecified atom stereocenters. The number of aryl methyl sites for hydroxylation is 2. The van der Waals surface area contributed by atoms with Gasteiger partial charge >= 0.3 is 11.7 Å². The van der Waals surface area contributed by atoms with E-state index in [0.717, 1.165) is 42.0 Å². The number of hydrogen-bond acceptors (Lipinski definition) is 7. The molecule has 2 heterocycles. The summed E-state index contributed by atoms with van der Waals surface area (Å²) in [6, 6.07) is -0.574. The zero-order valence-corrected chi connectivity index (χ0v) is 20.0. The molecule has 2 aromatic rings. The maximum atomic E-state index is 12.9. The number of thioether (sulfide) groups is 1. The molecule has 0 saturated heterocycles. The van der Waals surface area contributed by atoms with E-state index >= 15 is 0 Å². The molecule has 2 N–H and O–H groups in total. The lowest BCUT2D eigenvalue weighted by Gasteiger charge is -2.14. The second-order valence-electron chi connectivity index (χ2n) is 7.45. The topological polar surface area (TPSA) is 128 Å². The van der Waals surface area contributed by atoms with Gasteiger partial charge in [-0.25, -0.2) is 19.6 Å². The molecule has 0 aliphatic carbocycles. The highest BCUT2D eigenvalue weighted by Gasteiger charge is 2.19. The van der Waals surface area contributed by atoms with E-state index in [9.17, 15) is 19.2 Å². The summed E-state index contributed by atoms with van der Waals surface area (Å²) in [6.45, 7) is 6.63. The van der Waals surface area contributed by atoms with E-state index in [1.807, 2.05) is 6.92 Å². The van der Waals surface area contributed by atoms with Gasteiger partial charge in [0.25, 0.3) is 5.56 Å². The van der Waals surface area contributed by atoms with Gasteiger partial charge in [0, 0.05) is 26.6 Å². The molecule has 0 fully saturated rings. The van der Waals surface area contributed by atoms with E-state index < -0.39 is 23.2 Å². The quantitative estimate of drug-likeness (QED) is 0.295. The molecule has 3 amide bonds. The highest BCUT2D eigenvalue weighted by molar-refractivity contribution is 8.00. The highest BCUT2D eigenvalue weighted by atomic mass is 32.2. The molecular formula is C21H32N6O4S. The van der Waals surface area contributed by atoms with Crippen LogP contribution in [0.3, 0.4) is 0 Å². The number of fused-ring (bicyclic) bond motifs is 1. The Balaban J connectivity index is 2.48. The molecule has 0 spiro atoms. The fraction of sp³-hybridized carbons (Fsp3) is 0.619.